The van der Waals surface area contributed by atoms with Gasteiger partial charge in [0.1, 0.15) is 5.92 Å². The van der Waals surface area contributed by atoms with Gasteiger partial charge in [0.05, 0.1) is 12.1 Å². The summed E-state index contributed by atoms with van der Waals surface area (Å²) in [6.45, 7) is 1.89. The predicted molar refractivity (Wildman–Crippen MR) is 70.3 cm³/mol. The molecule has 92 valence electrons. The van der Waals surface area contributed by atoms with E-state index >= 15 is 0 Å². The van der Waals surface area contributed by atoms with E-state index in [1.54, 1.807) is 0 Å². The first-order chi connectivity index (χ1) is 8.71. The number of nitriles is 1. The largest absolute Gasteiger partial charge is 0.341 e. The topological polar surface area (TPSA) is 52.9 Å². The SMILES string of the molecule is C#CC(CC)NC(=O)C(C#N)Cc1ccccc1. The van der Waals surface area contributed by atoms with Gasteiger partial charge in [-0.1, -0.05) is 43.2 Å². The highest BCUT2D eigenvalue weighted by Gasteiger charge is 2.20. The molecule has 0 radical (unpaired) electrons. The molecule has 0 aromatic heterocycles. The summed E-state index contributed by atoms with van der Waals surface area (Å²) in [6, 6.07) is 11.2. The molecule has 0 heterocycles. The van der Waals surface area contributed by atoms with Crippen LogP contribution in [0, 0.1) is 29.6 Å². The van der Waals surface area contributed by atoms with Crippen LogP contribution in [0.3, 0.4) is 0 Å². The molecule has 1 aromatic rings. The van der Waals surface area contributed by atoms with Gasteiger partial charge in [-0.2, -0.15) is 5.26 Å². The standard InChI is InChI=1S/C15H16N2O/c1-3-14(4-2)17-15(18)13(11-16)10-12-8-6-5-7-9-12/h1,5-9,13-14H,4,10H2,2H3,(H,17,18). The van der Waals surface area contributed by atoms with Crippen LogP contribution < -0.4 is 5.32 Å². The number of terminal acetylenes is 1. The molecule has 0 saturated carbocycles. The molecule has 2 atom stereocenters. The number of carbonyl (C=O) groups excluding carboxylic acids is 1. The van der Waals surface area contributed by atoms with E-state index in [9.17, 15) is 4.79 Å². The van der Waals surface area contributed by atoms with E-state index in [-0.39, 0.29) is 11.9 Å². The molecule has 0 aliphatic heterocycles. The van der Waals surface area contributed by atoms with Gasteiger partial charge < -0.3 is 5.32 Å². The number of nitrogens with zero attached hydrogens (tertiary/aromatic N) is 1. The Labute approximate surface area is 108 Å². The van der Waals surface area contributed by atoms with E-state index in [2.05, 4.69) is 11.2 Å². The van der Waals surface area contributed by atoms with Crippen molar-refractivity contribution in [3.05, 3.63) is 35.9 Å². The quantitative estimate of drug-likeness (QED) is 0.799. The van der Waals surface area contributed by atoms with E-state index in [1.165, 1.54) is 0 Å². The van der Waals surface area contributed by atoms with Gasteiger partial charge in [0, 0.05) is 0 Å². The number of carbonyl (C=O) groups is 1. The molecule has 1 amide bonds. The summed E-state index contributed by atoms with van der Waals surface area (Å²) in [5.74, 6) is 1.48. The third kappa shape index (κ3) is 3.96. The zero-order valence-electron chi connectivity index (χ0n) is 10.4. The zero-order chi connectivity index (χ0) is 13.4. The minimum atomic E-state index is -0.699. The molecule has 0 bridgehead atoms. The van der Waals surface area contributed by atoms with Gasteiger partial charge in [0.25, 0.3) is 0 Å². The molecule has 0 fully saturated rings. The van der Waals surface area contributed by atoms with Crippen molar-refractivity contribution in [3.8, 4) is 18.4 Å². The van der Waals surface area contributed by atoms with Gasteiger partial charge in [-0.3, -0.25) is 4.79 Å². The van der Waals surface area contributed by atoms with Gasteiger partial charge in [-0.15, -0.1) is 6.42 Å². The Hall–Kier alpha value is -2.26. The van der Waals surface area contributed by atoms with Crippen LogP contribution in [-0.2, 0) is 11.2 Å². The second kappa shape index (κ2) is 7.14. The zero-order valence-corrected chi connectivity index (χ0v) is 10.4. The van der Waals surface area contributed by atoms with Gasteiger partial charge in [0.15, 0.2) is 0 Å². The number of rotatable bonds is 5. The lowest BCUT2D eigenvalue weighted by atomic mass is 9.99. The van der Waals surface area contributed by atoms with Crippen molar-refractivity contribution in [1.82, 2.24) is 5.32 Å². The number of hydrogen-bond acceptors (Lipinski definition) is 2. The summed E-state index contributed by atoms with van der Waals surface area (Å²) in [7, 11) is 0. The smallest absolute Gasteiger partial charge is 0.238 e. The molecule has 1 N–H and O–H groups in total. The van der Waals surface area contributed by atoms with Gasteiger partial charge in [0.2, 0.25) is 5.91 Å². The van der Waals surface area contributed by atoms with E-state index in [4.69, 9.17) is 11.7 Å². The predicted octanol–water partition coefficient (Wildman–Crippen LogP) is 1.90. The van der Waals surface area contributed by atoms with Crippen molar-refractivity contribution in [2.45, 2.75) is 25.8 Å². The van der Waals surface area contributed by atoms with Crippen LogP contribution in [0.1, 0.15) is 18.9 Å². The highest BCUT2D eigenvalue weighted by Crippen LogP contribution is 2.08. The van der Waals surface area contributed by atoms with E-state index in [1.807, 2.05) is 43.3 Å². The maximum absolute atomic E-state index is 11.9. The van der Waals surface area contributed by atoms with E-state index in [0.717, 1.165) is 5.56 Å². The van der Waals surface area contributed by atoms with Crippen molar-refractivity contribution in [2.75, 3.05) is 0 Å². The first-order valence-electron chi connectivity index (χ1n) is 5.91. The molecule has 18 heavy (non-hydrogen) atoms. The Bertz CT molecular complexity index is 468. The maximum Gasteiger partial charge on any atom is 0.238 e. The average molecular weight is 240 g/mol. The Morgan fingerprint density at radius 1 is 1.44 bits per heavy atom. The molecule has 0 aliphatic rings. The first-order valence-corrected chi connectivity index (χ1v) is 5.91. The van der Waals surface area contributed by atoms with Gasteiger partial charge >= 0.3 is 0 Å². The molecule has 0 saturated heterocycles. The van der Waals surface area contributed by atoms with Crippen molar-refractivity contribution < 1.29 is 4.79 Å². The van der Waals surface area contributed by atoms with Crippen LogP contribution in [0.15, 0.2) is 30.3 Å². The summed E-state index contributed by atoms with van der Waals surface area (Å²) in [4.78, 5) is 11.9. The highest BCUT2D eigenvalue weighted by atomic mass is 16.1. The number of benzene rings is 1. The summed E-state index contributed by atoms with van der Waals surface area (Å²) >= 11 is 0. The molecule has 2 unspecified atom stereocenters. The third-order valence-corrected chi connectivity index (χ3v) is 2.68. The van der Waals surface area contributed by atoms with E-state index < -0.39 is 5.92 Å². The Balaban J connectivity index is 2.65. The highest BCUT2D eigenvalue weighted by molar-refractivity contribution is 5.82. The molecule has 3 nitrogen and oxygen atoms in total. The average Bonchev–Trinajstić information content (AvgIpc) is 2.43. The summed E-state index contributed by atoms with van der Waals surface area (Å²) < 4.78 is 0. The van der Waals surface area contributed by atoms with Crippen molar-refractivity contribution in [3.63, 3.8) is 0 Å². The fourth-order valence-electron chi connectivity index (χ4n) is 1.58. The van der Waals surface area contributed by atoms with E-state index in [0.29, 0.717) is 12.8 Å². The molecule has 1 aromatic carbocycles. The number of nitrogens with one attached hydrogen (secondary N) is 1. The van der Waals surface area contributed by atoms with Crippen LogP contribution in [0.4, 0.5) is 0 Å². The Kier molecular flexibility index (Phi) is 5.48. The number of amides is 1. The molecule has 0 spiro atoms. The minimum absolute atomic E-state index is 0.300. The maximum atomic E-state index is 11.9. The molecule has 3 heteroatoms. The van der Waals surface area contributed by atoms with Crippen LogP contribution in [0.25, 0.3) is 0 Å². The monoisotopic (exact) mass is 240 g/mol. The van der Waals surface area contributed by atoms with Crippen LogP contribution >= 0.6 is 0 Å². The summed E-state index contributed by atoms with van der Waals surface area (Å²) in [6.07, 6.45) is 6.34. The van der Waals surface area contributed by atoms with Crippen LogP contribution in [0.5, 0.6) is 0 Å². The lowest BCUT2D eigenvalue weighted by molar-refractivity contribution is -0.123. The summed E-state index contributed by atoms with van der Waals surface area (Å²) in [5, 5.41) is 11.7. The number of hydrogen-bond donors (Lipinski definition) is 1. The fraction of sp³-hybridized carbons (Fsp3) is 0.333. The van der Waals surface area contributed by atoms with Crippen molar-refractivity contribution >= 4 is 5.91 Å². The summed E-state index contributed by atoms with van der Waals surface area (Å²) in [5.41, 5.74) is 0.966. The van der Waals surface area contributed by atoms with Crippen LogP contribution in [0.2, 0.25) is 0 Å². The molecular weight excluding hydrogens is 224 g/mol. The normalized spacial score (nSPS) is 12.8. The molecule has 0 aliphatic carbocycles. The second-order valence-electron chi connectivity index (χ2n) is 4.01. The molecule has 1 rings (SSSR count). The van der Waals surface area contributed by atoms with Crippen LogP contribution in [-0.4, -0.2) is 11.9 Å². The lowest BCUT2D eigenvalue weighted by Crippen LogP contribution is -2.38. The van der Waals surface area contributed by atoms with Gasteiger partial charge in [-0.05, 0) is 18.4 Å². The third-order valence-electron chi connectivity index (χ3n) is 2.68. The van der Waals surface area contributed by atoms with Crippen molar-refractivity contribution in [2.24, 2.45) is 5.92 Å². The Morgan fingerprint density at radius 3 is 2.61 bits per heavy atom. The first kappa shape index (κ1) is 13.8. The minimum Gasteiger partial charge on any atom is -0.341 e. The fourth-order valence-corrected chi connectivity index (χ4v) is 1.58. The van der Waals surface area contributed by atoms with Crippen molar-refractivity contribution in [1.29, 1.82) is 5.26 Å². The Morgan fingerprint density at radius 2 is 2.11 bits per heavy atom. The van der Waals surface area contributed by atoms with Gasteiger partial charge in [-0.25, -0.2) is 0 Å². The molecular formula is C15H16N2O. The second-order valence-corrected chi connectivity index (χ2v) is 4.01. The lowest BCUT2D eigenvalue weighted by Gasteiger charge is -2.14.